The second-order valence-electron chi connectivity index (χ2n) is 9.45. The molecule has 1 unspecified atom stereocenters. The maximum Gasteiger partial charge on any atom is 0.338 e. The summed E-state index contributed by atoms with van der Waals surface area (Å²) in [4.78, 5) is 54.7. The lowest BCUT2D eigenvalue weighted by Crippen LogP contribution is -2.40. The molecule has 1 aliphatic heterocycles. The number of furan rings is 1. The number of fused-ring (bicyclic) bond motifs is 1. The summed E-state index contributed by atoms with van der Waals surface area (Å²) in [5.74, 6) is -0.303. The quantitative estimate of drug-likeness (QED) is 0.0892. The number of rotatable bonds is 9. The second kappa shape index (κ2) is 12.4. The maximum atomic E-state index is 13.9. The highest BCUT2D eigenvalue weighted by atomic mass is 32.1. The number of allylic oxidation sites excluding steroid dienone is 1. The number of methoxy groups -OCH3 is 1. The molecular formula is C31H25N3O9S. The summed E-state index contributed by atoms with van der Waals surface area (Å²) in [5.41, 5.74) is 0.660. The number of aromatic nitrogens is 1. The third kappa shape index (κ3) is 5.72. The van der Waals surface area contributed by atoms with E-state index in [-0.39, 0.29) is 45.4 Å². The molecule has 44 heavy (non-hydrogen) atoms. The number of ether oxygens (including phenoxy) is 3. The molecule has 13 heteroatoms. The van der Waals surface area contributed by atoms with E-state index in [1.807, 2.05) is 0 Å². The van der Waals surface area contributed by atoms with Crippen LogP contribution in [-0.4, -0.2) is 35.1 Å². The van der Waals surface area contributed by atoms with Crippen LogP contribution < -0.4 is 24.4 Å². The first-order valence-electron chi connectivity index (χ1n) is 13.1. The number of nitro benzene ring substituents is 1. The van der Waals surface area contributed by atoms with Gasteiger partial charge in [-0.25, -0.2) is 9.79 Å². The van der Waals surface area contributed by atoms with Crippen molar-refractivity contribution in [1.82, 2.24) is 4.57 Å². The SMILES string of the molecule is C=CCOC(=O)C1=C(C)N=c2sc(=Cc3ccc(-c4ccccc4[N+](=O)[O-])o3)c(=O)n2C1c1ccc(OC(C)=O)c(OC)c1. The van der Waals surface area contributed by atoms with E-state index in [9.17, 15) is 24.5 Å². The molecule has 12 nitrogen and oxygen atoms in total. The van der Waals surface area contributed by atoms with Gasteiger partial charge in [0.25, 0.3) is 11.2 Å². The van der Waals surface area contributed by atoms with Crippen molar-refractivity contribution in [2.45, 2.75) is 19.9 Å². The fourth-order valence-corrected chi connectivity index (χ4v) is 5.78. The minimum atomic E-state index is -0.967. The summed E-state index contributed by atoms with van der Waals surface area (Å²) >= 11 is 1.08. The van der Waals surface area contributed by atoms with Gasteiger partial charge in [0, 0.05) is 19.1 Å². The van der Waals surface area contributed by atoms with E-state index in [0.29, 0.717) is 21.6 Å². The van der Waals surface area contributed by atoms with E-state index in [0.717, 1.165) is 11.3 Å². The molecule has 0 N–H and O–H groups in total. The highest BCUT2D eigenvalue weighted by molar-refractivity contribution is 7.07. The molecule has 4 aromatic rings. The Balaban J connectivity index is 1.65. The van der Waals surface area contributed by atoms with Gasteiger partial charge in [-0.1, -0.05) is 42.2 Å². The van der Waals surface area contributed by atoms with Gasteiger partial charge < -0.3 is 18.6 Å². The van der Waals surface area contributed by atoms with E-state index < -0.39 is 28.5 Å². The number of carbonyl (C=O) groups excluding carboxylic acids is 2. The number of hydrogen-bond donors (Lipinski definition) is 0. The average molecular weight is 616 g/mol. The predicted molar refractivity (Wildman–Crippen MR) is 160 cm³/mol. The van der Waals surface area contributed by atoms with Crippen molar-refractivity contribution in [3.8, 4) is 22.8 Å². The normalized spacial score (nSPS) is 14.4. The Labute approximate surface area is 253 Å². The van der Waals surface area contributed by atoms with Crippen LogP contribution in [0.1, 0.15) is 31.2 Å². The van der Waals surface area contributed by atoms with Crippen molar-refractivity contribution in [3.63, 3.8) is 0 Å². The molecule has 1 atom stereocenters. The van der Waals surface area contributed by atoms with Crippen LogP contribution in [0.4, 0.5) is 5.69 Å². The van der Waals surface area contributed by atoms with Crippen molar-refractivity contribution in [3.05, 3.63) is 120 Å². The Morgan fingerprint density at radius 1 is 1.18 bits per heavy atom. The molecule has 0 saturated carbocycles. The Morgan fingerprint density at radius 3 is 2.66 bits per heavy atom. The number of para-hydroxylation sites is 1. The average Bonchev–Trinajstić information content (AvgIpc) is 3.59. The maximum absolute atomic E-state index is 13.9. The Hall–Kier alpha value is -5.56. The Kier molecular flexibility index (Phi) is 8.40. The van der Waals surface area contributed by atoms with Crippen molar-refractivity contribution in [2.24, 2.45) is 4.99 Å². The summed E-state index contributed by atoms with van der Waals surface area (Å²) in [5, 5.41) is 11.5. The van der Waals surface area contributed by atoms with Gasteiger partial charge in [-0.2, -0.15) is 0 Å². The van der Waals surface area contributed by atoms with Gasteiger partial charge in [0.15, 0.2) is 16.3 Å². The molecule has 2 aromatic carbocycles. The highest BCUT2D eigenvalue weighted by Gasteiger charge is 2.34. The Morgan fingerprint density at radius 2 is 1.95 bits per heavy atom. The van der Waals surface area contributed by atoms with Crippen molar-refractivity contribution < 1.29 is 33.1 Å². The molecule has 0 saturated heterocycles. The lowest BCUT2D eigenvalue weighted by molar-refractivity contribution is -0.384. The third-order valence-corrected chi connectivity index (χ3v) is 7.58. The predicted octanol–water partition coefficient (Wildman–Crippen LogP) is 4.07. The topological polar surface area (TPSA) is 152 Å². The molecule has 2 aromatic heterocycles. The fourth-order valence-electron chi connectivity index (χ4n) is 4.75. The molecule has 224 valence electrons. The first-order valence-corrected chi connectivity index (χ1v) is 13.9. The van der Waals surface area contributed by atoms with E-state index in [2.05, 4.69) is 11.6 Å². The molecule has 3 heterocycles. The molecule has 0 spiro atoms. The molecule has 0 bridgehead atoms. The van der Waals surface area contributed by atoms with E-state index in [1.165, 1.54) is 42.9 Å². The zero-order valence-electron chi connectivity index (χ0n) is 23.8. The van der Waals surface area contributed by atoms with Gasteiger partial charge in [-0.3, -0.25) is 24.3 Å². The van der Waals surface area contributed by atoms with Crippen molar-refractivity contribution in [2.75, 3.05) is 13.7 Å². The number of nitro groups is 1. The minimum Gasteiger partial charge on any atom is -0.493 e. The molecule has 1 aliphatic rings. The van der Waals surface area contributed by atoms with Crippen molar-refractivity contribution >= 4 is 35.0 Å². The van der Waals surface area contributed by atoms with Gasteiger partial charge in [0.05, 0.1) is 39.4 Å². The van der Waals surface area contributed by atoms with E-state index in [4.69, 9.17) is 18.6 Å². The van der Waals surface area contributed by atoms with Crippen LogP contribution in [0, 0.1) is 10.1 Å². The molecule has 5 rings (SSSR count). The number of benzene rings is 2. The number of nitrogens with zero attached hydrogens (tertiary/aromatic N) is 3. The van der Waals surface area contributed by atoms with Crippen LogP contribution in [0.3, 0.4) is 0 Å². The summed E-state index contributed by atoms with van der Waals surface area (Å²) in [6.07, 6.45) is 2.94. The van der Waals surface area contributed by atoms with Gasteiger partial charge in [-0.15, -0.1) is 0 Å². The van der Waals surface area contributed by atoms with Crippen LogP contribution in [0.15, 0.2) is 92.7 Å². The summed E-state index contributed by atoms with van der Waals surface area (Å²) in [6, 6.07) is 13.1. The lowest BCUT2D eigenvalue weighted by atomic mass is 9.95. The molecule has 0 radical (unpaired) electrons. The van der Waals surface area contributed by atoms with E-state index in [1.54, 1.807) is 49.4 Å². The summed E-state index contributed by atoms with van der Waals surface area (Å²) in [6.45, 7) is 6.43. The fraction of sp³-hybridized carbons (Fsp3) is 0.161. The van der Waals surface area contributed by atoms with Gasteiger partial charge in [-0.05, 0) is 42.8 Å². The van der Waals surface area contributed by atoms with Crippen LogP contribution in [-0.2, 0) is 14.3 Å². The highest BCUT2D eigenvalue weighted by Crippen LogP contribution is 2.36. The van der Waals surface area contributed by atoms with Crippen LogP contribution in [0.5, 0.6) is 11.5 Å². The van der Waals surface area contributed by atoms with Crippen LogP contribution in [0.2, 0.25) is 0 Å². The van der Waals surface area contributed by atoms with Gasteiger partial charge >= 0.3 is 11.9 Å². The number of thiazole rings is 1. The van der Waals surface area contributed by atoms with Crippen molar-refractivity contribution in [1.29, 1.82) is 0 Å². The van der Waals surface area contributed by atoms with Crippen LogP contribution >= 0.6 is 11.3 Å². The second-order valence-corrected chi connectivity index (χ2v) is 10.5. The number of esters is 2. The zero-order chi connectivity index (χ0) is 31.5. The largest absolute Gasteiger partial charge is 0.493 e. The summed E-state index contributed by atoms with van der Waals surface area (Å²) in [7, 11) is 1.40. The number of hydrogen-bond acceptors (Lipinski definition) is 11. The molecular weight excluding hydrogens is 590 g/mol. The lowest BCUT2D eigenvalue weighted by Gasteiger charge is -2.25. The first-order chi connectivity index (χ1) is 21.1. The minimum absolute atomic E-state index is 0.0537. The van der Waals surface area contributed by atoms with Gasteiger partial charge in [0.2, 0.25) is 0 Å². The smallest absolute Gasteiger partial charge is 0.338 e. The molecule has 0 fully saturated rings. The first kappa shape index (κ1) is 29.9. The zero-order valence-corrected chi connectivity index (χ0v) is 24.6. The summed E-state index contributed by atoms with van der Waals surface area (Å²) < 4.78 is 23.5. The number of carbonyl (C=O) groups is 2. The Bertz CT molecular complexity index is 2030. The molecule has 0 amide bonds. The molecule has 0 aliphatic carbocycles. The standard InChI is InChI=1S/C31H25N3O9S/c1-5-14-41-30(37)27-17(2)32-31-33(28(27)19-10-12-24(42-18(3)35)25(15-19)40-4)29(36)26(44-31)16-20-11-13-23(43-20)21-8-6-7-9-22(21)34(38)39/h5-13,15-16,28H,1,14H2,2-4H3. The third-order valence-electron chi connectivity index (χ3n) is 6.60. The monoisotopic (exact) mass is 615 g/mol. The van der Waals surface area contributed by atoms with Crippen LogP contribution in [0.25, 0.3) is 17.4 Å². The van der Waals surface area contributed by atoms with E-state index >= 15 is 0 Å². The van der Waals surface area contributed by atoms with Gasteiger partial charge in [0.1, 0.15) is 18.1 Å².